The zero-order valence-electron chi connectivity index (χ0n) is 9.72. The Kier molecular flexibility index (Phi) is 3.26. The van der Waals surface area contributed by atoms with Gasteiger partial charge in [-0.15, -0.1) is 0 Å². The summed E-state index contributed by atoms with van der Waals surface area (Å²) in [6.45, 7) is 0.672. The number of nitrogens with one attached hydrogen (secondary N) is 1. The molecule has 1 aliphatic carbocycles. The quantitative estimate of drug-likeness (QED) is 0.459. The molecule has 2 rings (SSSR count). The molecule has 92 valence electrons. The number of hydrogen-bond donors (Lipinski definition) is 2. The predicted molar refractivity (Wildman–Crippen MR) is 65.4 cm³/mol. The summed E-state index contributed by atoms with van der Waals surface area (Å²) >= 11 is 0. The first-order valence-electron chi connectivity index (χ1n) is 5.56. The molecular formula is C11H16N4O2. The molecule has 0 atom stereocenters. The highest BCUT2D eigenvalue weighted by Crippen LogP contribution is 2.31. The third-order valence-electron chi connectivity index (χ3n) is 3.06. The highest BCUT2D eigenvalue weighted by atomic mass is 16.6. The van der Waals surface area contributed by atoms with Crippen LogP contribution in [0.15, 0.2) is 18.2 Å². The normalized spacial score (nSPS) is 15.0. The maximum absolute atomic E-state index is 10.9. The number of nitrogens with two attached hydrogens (primary N) is 1. The van der Waals surface area contributed by atoms with Crippen molar-refractivity contribution in [3.8, 4) is 0 Å². The van der Waals surface area contributed by atoms with E-state index in [1.807, 2.05) is 13.1 Å². The number of hydrogen-bond acceptors (Lipinski definition) is 5. The Bertz CT molecular complexity index is 431. The van der Waals surface area contributed by atoms with Crippen molar-refractivity contribution in [3.63, 3.8) is 0 Å². The van der Waals surface area contributed by atoms with E-state index >= 15 is 0 Å². The number of anilines is 1. The molecule has 0 spiro atoms. The summed E-state index contributed by atoms with van der Waals surface area (Å²) in [5.41, 5.74) is 3.73. The minimum atomic E-state index is -0.421. The number of nitro groups is 1. The molecular weight excluding hydrogens is 220 g/mol. The van der Waals surface area contributed by atoms with Gasteiger partial charge in [0.05, 0.1) is 4.92 Å². The smallest absolute Gasteiger partial charge is 0.293 e. The van der Waals surface area contributed by atoms with Crippen LogP contribution < -0.4 is 11.3 Å². The Morgan fingerprint density at radius 1 is 1.59 bits per heavy atom. The molecule has 17 heavy (non-hydrogen) atoms. The first kappa shape index (κ1) is 11.8. The Hall–Kier alpha value is -1.66. The number of nitro benzene ring substituents is 1. The molecule has 1 aliphatic rings. The van der Waals surface area contributed by atoms with Crippen molar-refractivity contribution < 1.29 is 4.92 Å². The minimum Gasteiger partial charge on any atom is -0.318 e. The van der Waals surface area contributed by atoms with Crippen LogP contribution in [0.4, 0.5) is 11.4 Å². The van der Waals surface area contributed by atoms with Crippen molar-refractivity contribution >= 4 is 11.4 Å². The molecule has 3 N–H and O–H groups in total. The highest BCUT2D eigenvalue weighted by Gasteiger charge is 2.27. The fraction of sp³-hybridized carbons (Fsp3) is 0.455. The molecule has 1 aromatic rings. The summed E-state index contributed by atoms with van der Waals surface area (Å²) < 4.78 is 0. The second-order valence-corrected chi connectivity index (χ2v) is 4.36. The van der Waals surface area contributed by atoms with E-state index in [0.29, 0.717) is 18.3 Å². The summed E-state index contributed by atoms with van der Waals surface area (Å²) in [5, 5.41) is 10.9. The van der Waals surface area contributed by atoms with Gasteiger partial charge >= 0.3 is 0 Å². The van der Waals surface area contributed by atoms with Gasteiger partial charge in [-0.3, -0.25) is 20.9 Å². The number of rotatable bonds is 5. The summed E-state index contributed by atoms with van der Waals surface area (Å²) in [4.78, 5) is 12.6. The molecule has 0 aromatic heterocycles. The number of benzene rings is 1. The number of hydrazine groups is 1. The van der Waals surface area contributed by atoms with Crippen LogP contribution in [0.2, 0.25) is 0 Å². The van der Waals surface area contributed by atoms with Crippen molar-refractivity contribution in [2.24, 2.45) is 5.84 Å². The predicted octanol–water partition coefficient (Wildman–Crippen LogP) is 1.47. The number of para-hydroxylation sites is 1. The van der Waals surface area contributed by atoms with Gasteiger partial charge in [-0.25, -0.2) is 0 Å². The monoisotopic (exact) mass is 236 g/mol. The molecule has 1 aromatic carbocycles. The van der Waals surface area contributed by atoms with Crippen LogP contribution in [0.1, 0.15) is 18.4 Å². The second-order valence-electron chi connectivity index (χ2n) is 4.36. The molecule has 0 radical (unpaired) electrons. The molecule has 0 heterocycles. The molecule has 0 amide bonds. The fourth-order valence-corrected chi connectivity index (χ4v) is 1.95. The summed E-state index contributed by atoms with van der Waals surface area (Å²) in [6.07, 6.45) is 2.41. The molecule has 6 nitrogen and oxygen atoms in total. The lowest BCUT2D eigenvalue weighted by Gasteiger charge is -2.17. The molecule has 0 aliphatic heterocycles. The molecule has 1 saturated carbocycles. The second kappa shape index (κ2) is 4.68. The van der Waals surface area contributed by atoms with Crippen LogP contribution in [0, 0.1) is 10.1 Å². The summed E-state index contributed by atoms with van der Waals surface area (Å²) in [7, 11) is 2.02. The molecule has 0 saturated heterocycles. The van der Waals surface area contributed by atoms with Gasteiger partial charge in [0.2, 0.25) is 0 Å². The van der Waals surface area contributed by atoms with Gasteiger partial charge in [0.1, 0.15) is 5.69 Å². The summed E-state index contributed by atoms with van der Waals surface area (Å²) in [6, 6.07) is 5.62. The van der Waals surface area contributed by atoms with Crippen molar-refractivity contribution in [1.29, 1.82) is 0 Å². The SMILES string of the molecule is CN(Cc1cccc([N+](=O)[O-])c1NN)C1CC1. The zero-order chi connectivity index (χ0) is 12.4. The number of nitrogen functional groups attached to an aromatic ring is 1. The van der Waals surface area contributed by atoms with E-state index < -0.39 is 4.92 Å². The van der Waals surface area contributed by atoms with Gasteiger partial charge in [-0.05, 0) is 25.5 Å². The van der Waals surface area contributed by atoms with Crippen LogP contribution in [0.3, 0.4) is 0 Å². The van der Waals surface area contributed by atoms with Crippen molar-refractivity contribution in [3.05, 3.63) is 33.9 Å². The van der Waals surface area contributed by atoms with E-state index in [9.17, 15) is 10.1 Å². The Morgan fingerprint density at radius 3 is 2.82 bits per heavy atom. The summed E-state index contributed by atoms with van der Waals surface area (Å²) in [5.74, 6) is 5.38. The van der Waals surface area contributed by atoms with Crippen LogP contribution in [-0.2, 0) is 6.54 Å². The van der Waals surface area contributed by atoms with E-state index in [-0.39, 0.29) is 5.69 Å². The Balaban J connectivity index is 2.25. The van der Waals surface area contributed by atoms with Gasteiger partial charge in [0, 0.05) is 18.7 Å². The lowest BCUT2D eigenvalue weighted by Crippen LogP contribution is -2.22. The third kappa shape index (κ3) is 2.54. The Morgan fingerprint density at radius 2 is 2.29 bits per heavy atom. The van der Waals surface area contributed by atoms with Crippen molar-refractivity contribution in [2.45, 2.75) is 25.4 Å². The van der Waals surface area contributed by atoms with E-state index in [1.165, 1.54) is 18.9 Å². The first-order chi connectivity index (χ1) is 8.13. The third-order valence-corrected chi connectivity index (χ3v) is 3.06. The van der Waals surface area contributed by atoms with E-state index in [1.54, 1.807) is 6.07 Å². The lowest BCUT2D eigenvalue weighted by atomic mass is 10.1. The van der Waals surface area contributed by atoms with Crippen LogP contribution in [-0.4, -0.2) is 22.9 Å². The average molecular weight is 236 g/mol. The molecule has 0 bridgehead atoms. The van der Waals surface area contributed by atoms with Crippen molar-refractivity contribution in [2.75, 3.05) is 12.5 Å². The van der Waals surface area contributed by atoms with Gasteiger partial charge in [0.15, 0.2) is 0 Å². The van der Waals surface area contributed by atoms with Crippen LogP contribution >= 0.6 is 0 Å². The Labute approximate surface area is 99.5 Å². The largest absolute Gasteiger partial charge is 0.318 e. The highest BCUT2D eigenvalue weighted by molar-refractivity contribution is 5.65. The maximum atomic E-state index is 10.9. The van der Waals surface area contributed by atoms with Crippen LogP contribution in [0.25, 0.3) is 0 Å². The maximum Gasteiger partial charge on any atom is 0.293 e. The fourth-order valence-electron chi connectivity index (χ4n) is 1.95. The van der Waals surface area contributed by atoms with E-state index in [0.717, 1.165) is 5.56 Å². The topological polar surface area (TPSA) is 84.4 Å². The lowest BCUT2D eigenvalue weighted by molar-refractivity contribution is -0.384. The first-order valence-corrected chi connectivity index (χ1v) is 5.56. The zero-order valence-corrected chi connectivity index (χ0v) is 9.72. The number of nitrogens with zero attached hydrogens (tertiary/aromatic N) is 2. The van der Waals surface area contributed by atoms with Crippen molar-refractivity contribution in [1.82, 2.24) is 4.90 Å². The van der Waals surface area contributed by atoms with E-state index in [4.69, 9.17) is 5.84 Å². The van der Waals surface area contributed by atoms with E-state index in [2.05, 4.69) is 10.3 Å². The molecule has 6 heteroatoms. The van der Waals surface area contributed by atoms with Gasteiger partial charge in [-0.1, -0.05) is 12.1 Å². The average Bonchev–Trinajstić information content (AvgIpc) is 3.12. The van der Waals surface area contributed by atoms with Crippen LogP contribution in [0.5, 0.6) is 0 Å². The minimum absolute atomic E-state index is 0.0224. The van der Waals surface area contributed by atoms with Gasteiger partial charge < -0.3 is 5.43 Å². The van der Waals surface area contributed by atoms with Gasteiger partial charge in [0.25, 0.3) is 5.69 Å². The van der Waals surface area contributed by atoms with Gasteiger partial charge in [-0.2, -0.15) is 0 Å². The molecule has 0 unspecified atom stereocenters. The standard InChI is InChI=1S/C11H16N4O2/c1-14(9-5-6-9)7-8-3-2-4-10(15(16)17)11(8)13-12/h2-4,9,13H,5-7,12H2,1H3. The molecule has 1 fully saturated rings.